The fourth-order valence-electron chi connectivity index (χ4n) is 2.75. The molecule has 1 aliphatic rings. The van der Waals surface area contributed by atoms with Crippen LogP contribution in [-0.2, 0) is 22.6 Å². The van der Waals surface area contributed by atoms with Crippen LogP contribution in [0.1, 0.15) is 17.8 Å². The highest BCUT2D eigenvalue weighted by Gasteiger charge is 2.22. The van der Waals surface area contributed by atoms with Gasteiger partial charge in [-0.2, -0.15) is 0 Å². The Bertz CT molecular complexity index is 600. The maximum absolute atomic E-state index is 12.0. The van der Waals surface area contributed by atoms with Gasteiger partial charge in [0.05, 0.1) is 25.7 Å². The third kappa shape index (κ3) is 4.91. The fraction of sp³-hybridized carbons (Fsp3) is 0.412. The molecule has 1 amide bonds. The molecule has 0 aliphatic carbocycles. The van der Waals surface area contributed by atoms with Crippen LogP contribution in [0.15, 0.2) is 42.7 Å². The molecule has 23 heavy (non-hydrogen) atoms. The standard InChI is InChI=1S/C17H22N4O2/c22-17(20-11-16-18-6-7-19-16)10-15-13-21(8-9-23-15)12-14-4-2-1-3-5-14/h1-7,15H,8-13H2,(H,18,19)(H,20,22). The van der Waals surface area contributed by atoms with Gasteiger partial charge >= 0.3 is 0 Å². The van der Waals surface area contributed by atoms with Crippen molar-refractivity contribution in [3.63, 3.8) is 0 Å². The molecule has 1 fully saturated rings. The Balaban J connectivity index is 1.43. The van der Waals surface area contributed by atoms with E-state index in [4.69, 9.17) is 4.74 Å². The van der Waals surface area contributed by atoms with E-state index in [1.807, 2.05) is 6.07 Å². The summed E-state index contributed by atoms with van der Waals surface area (Å²) in [6.45, 7) is 3.67. The van der Waals surface area contributed by atoms with Crippen molar-refractivity contribution in [2.24, 2.45) is 0 Å². The minimum absolute atomic E-state index is 0.00652. The second kappa shape index (κ2) is 7.89. The highest BCUT2D eigenvalue weighted by molar-refractivity contribution is 5.76. The Morgan fingerprint density at radius 3 is 3.04 bits per heavy atom. The van der Waals surface area contributed by atoms with Crippen molar-refractivity contribution in [2.75, 3.05) is 19.7 Å². The molecule has 1 saturated heterocycles. The molecule has 1 aromatic carbocycles. The smallest absolute Gasteiger partial charge is 0.223 e. The Labute approximate surface area is 135 Å². The number of carbonyl (C=O) groups is 1. The topological polar surface area (TPSA) is 70.2 Å². The van der Waals surface area contributed by atoms with Crippen LogP contribution in [0.3, 0.4) is 0 Å². The van der Waals surface area contributed by atoms with Gasteiger partial charge in [0.25, 0.3) is 0 Å². The van der Waals surface area contributed by atoms with Crippen molar-refractivity contribution in [3.8, 4) is 0 Å². The number of hydrogen-bond acceptors (Lipinski definition) is 4. The third-order valence-corrected chi connectivity index (χ3v) is 3.89. The number of aromatic nitrogens is 2. The lowest BCUT2D eigenvalue weighted by atomic mass is 10.1. The largest absolute Gasteiger partial charge is 0.375 e. The summed E-state index contributed by atoms with van der Waals surface area (Å²) in [6.07, 6.45) is 3.75. The van der Waals surface area contributed by atoms with Gasteiger partial charge in [0.15, 0.2) is 0 Å². The molecule has 1 aliphatic heterocycles. The molecule has 1 unspecified atom stereocenters. The Hall–Kier alpha value is -2.18. The SMILES string of the molecule is O=C(CC1CN(Cc2ccccc2)CCO1)NCc1ncc[nH]1. The molecule has 0 saturated carbocycles. The maximum Gasteiger partial charge on any atom is 0.223 e. The molecule has 2 aromatic rings. The molecule has 6 nitrogen and oxygen atoms in total. The van der Waals surface area contributed by atoms with Crippen LogP contribution in [0, 0.1) is 0 Å². The van der Waals surface area contributed by atoms with Crippen molar-refractivity contribution < 1.29 is 9.53 Å². The molecule has 2 heterocycles. The number of imidazole rings is 1. The maximum atomic E-state index is 12.0. The van der Waals surface area contributed by atoms with E-state index in [0.717, 1.165) is 25.5 Å². The van der Waals surface area contributed by atoms with Gasteiger partial charge in [-0.25, -0.2) is 4.98 Å². The van der Waals surface area contributed by atoms with Gasteiger partial charge in [-0.05, 0) is 5.56 Å². The normalized spacial score (nSPS) is 18.7. The summed E-state index contributed by atoms with van der Waals surface area (Å²) in [5.74, 6) is 0.751. The second-order valence-electron chi connectivity index (χ2n) is 5.73. The van der Waals surface area contributed by atoms with Crippen LogP contribution < -0.4 is 5.32 Å². The highest BCUT2D eigenvalue weighted by Crippen LogP contribution is 2.12. The van der Waals surface area contributed by atoms with Crippen molar-refractivity contribution >= 4 is 5.91 Å². The zero-order chi connectivity index (χ0) is 15.9. The van der Waals surface area contributed by atoms with E-state index in [0.29, 0.717) is 19.6 Å². The number of H-pyrrole nitrogens is 1. The lowest BCUT2D eigenvalue weighted by Crippen LogP contribution is -2.44. The predicted molar refractivity (Wildman–Crippen MR) is 86.5 cm³/mol. The highest BCUT2D eigenvalue weighted by atomic mass is 16.5. The number of aromatic amines is 1. The number of ether oxygens (including phenoxy) is 1. The van der Waals surface area contributed by atoms with Gasteiger partial charge in [-0.3, -0.25) is 9.69 Å². The first kappa shape index (κ1) is 15.7. The number of rotatable bonds is 6. The van der Waals surface area contributed by atoms with E-state index >= 15 is 0 Å². The molecular formula is C17H22N4O2. The molecule has 122 valence electrons. The summed E-state index contributed by atoms with van der Waals surface area (Å²) in [6, 6.07) is 10.4. The number of morpholine rings is 1. The van der Waals surface area contributed by atoms with Crippen molar-refractivity contribution in [2.45, 2.75) is 25.6 Å². The number of benzene rings is 1. The molecule has 1 aromatic heterocycles. The summed E-state index contributed by atoms with van der Waals surface area (Å²) in [5, 5.41) is 2.87. The molecule has 3 rings (SSSR count). The average Bonchev–Trinajstić information content (AvgIpc) is 3.08. The van der Waals surface area contributed by atoms with Crippen molar-refractivity contribution in [1.29, 1.82) is 0 Å². The molecule has 0 radical (unpaired) electrons. The first-order valence-corrected chi connectivity index (χ1v) is 7.92. The molecule has 0 bridgehead atoms. The molecule has 0 spiro atoms. The zero-order valence-corrected chi connectivity index (χ0v) is 13.1. The van der Waals surface area contributed by atoms with Crippen molar-refractivity contribution in [3.05, 3.63) is 54.1 Å². The first-order chi connectivity index (χ1) is 11.3. The van der Waals surface area contributed by atoms with E-state index < -0.39 is 0 Å². The first-order valence-electron chi connectivity index (χ1n) is 7.92. The van der Waals surface area contributed by atoms with E-state index in [9.17, 15) is 4.79 Å². The van der Waals surface area contributed by atoms with Crippen LogP contribution >= 0.6 is 0 Å². The van der Waals surface area contributed by atoms with Crippen LogP contribution in [0.4, 0.5) is 0 Å². The van der Waals surface area contributed by atoms with Gasteiger partial charge in [0.2, 0.25) is 5.91 Å². The van der Waals surface area contributed by atoms with Crippen LogP contribution in [0.5, 0.6) is 0 Å². The van der Waals surface area contributed by atoms with E-state index in [1.54, 1.807) is 12.4 Å². The minimum Gasteiger partial charge on any atom is -0.375 e. The summed E-state index contributed by atoms with van der Waals surface area (Å²) in [4.78, 5) is 21.4. The second-order valence-corrected chi connectivity index (χ2v) is 5.73. The summed E-state index contributed by atoms with van der Waals surface area (Å²) in [5.41, 5.74) is 1.29. The quantitative estimate of drug-likeness (QED) is 0.843. The Morgan fingerprint density at radius 1 is 1.39 bits per heavy atom. The van der Waals surface area contributed by atoms with E-state index in [2.05, 4.69) is 44.5 Å². The average molecular weight is 314 g/mol. The Morgan fingerprint density at radius 2 is 2.26 bits per heavy atom. The number of nitrogens with zero attached hydrogens (tertiary/aromatic N) is 2. The lowest BCUT2D eigenvalue weighted by molar-refractivity contribution is -0.126. The number of carbonyl (C=O) groups excluding carboxylic acids is 1. The van der Waals surface area contributed by atoms with E-state index in [1.165, 1.54) is 5.56 Å². The monoisotopic (exact) mass is 314 g/mol. The van der Waals surface area contributed by atoms with Gasteiger partial charge in [0, 0.05) is 32.0 Å². The zero-order valence-electron chi connectivity index (χ0n) is 13.1. The summed E-state index contributed by atoms with van der Waals surface area (Å²) < 4.78 is 5.73. The number of hydrogen-bond donors (Lipinski definition) is 2. The third-order valence-electron chi connectivity index (χ3n) is 3.89. The molecule has 1 atom stereocenters. The van der Waals surface area contributed by atoms with Crippen molar-refractivity contribution in [1.82, 2.24) is 20.2 Å². The van der Waals surface area contributed by atoms with Gasteiger partial charge < -0.3 is 15.0 Å². The predicted octanol–water partition coefficient (Wildman–Crippen LogP) is 1.32. The molecule has 2 N–H and O–H groups in total. The molecule has 6 heteroatoms. The summed E-state index contributed by atoms with van der Waals surface area (Å²) >= 11 is 0. The van der Waals surface area contributed by atoms with E-state index in [-0.39, 0.29) is 12.0 Å². The van der Waals surface area contributed by atoms with Crippen LogP contribution in [-0.4, -0.2) is 46.6 Å². The fourth-order valence-corrected chi connectivity index (χ4v) is 2.75. The number of nitrogens with one attached hydrogen (secondary N) is 2. The number of amides is 1. The Kier molecular flexibility index (Phi) is 5.39. The molecular weight excluding hydrogens is 292 g/mol. The van der Waals surface area contributed by atoms with Gasteiger partial charge in [-0.15, -0.1) is 0 Å². The minimum atomic E-state index is -0.0518. The lowest BCUT2D eigenvalue weighted by Gasteiger charge is -2.32. The van der Waals surface area contributed by atoms with Gasteiger partial charge in [0.1, 0.15) is 5.82 Å². The van der Waals surface area contributed by atoms with Gasteiger partial charge in [-0.1, -0.05) is 30.3 Å². The summed E-state index contributed by atoms with van der Waals surface area (Å²) in [7, 11) is 0. The van der Waals surface area contributed by atoms with Crippen LogP contribution in [0.25, 0.3) is 0 Å². The van der Waals surface area contributed by atoms with Crippen LogP contribution in [0.2, 0.25) is 0 Å².